The van der Waals surface area contributed by atoms with Gasteiger partial charge in [0.25, 0.3) is 0 Å². The highest BCUT2D eigenvalue weighted by molar-refractivity contribution is 8.03. The Morgan fingerprint density at radius 3 is 2.67 bits per heavy atom. The molecule has 0 spiro atoms. The molecule has 2 aromatic carbocycles. The van der Waals surface area contributed by atoms with Crippen LogP contribution in [0.1, 0.15) is 25.0 Å². The van der Waals surface area contributed by atoms with E-state index in [4.69, 9.17) is 4.42 Å². The van der Waals surface area contributed by atoms with Crippen molar-refractivity contribution in [3.05, 3.63) is 46.5 Å². The predicted octanol–water partition coefficient (Wildman–Crippen LogP) is 5.57. The van der Waals surface area contributed by atoms with Gasteiger partial charge in [0.2, 0.25) is 0 Å². The van der Waals surface area contributed by atoms with E-state index in [-0.39, 0.29) is 5.78 Å². The topological polar surface area (TPSA) is 33.5 Å². The quantitative estimate of drug-likeness (QED) is 0.573. The SMILES string of the molecule is CCN1C(=CC(C)=O)Sc2ccc3oc4cc(C)c(C)cc4c3c21. The number of anilines is 1. The lowest BCUT2D eigenvalue weighted by atomic mass is 10.0. The van der Waals surface area contributed by atoms with E-state index in [0.29, 0.717) is 0 Å². The highest BCUT2D eigenvalue weighted by Gasteiger charge is 2.28. The summed E-state index contributed by atoms with van der Waals surface area (Å²) in [4.78, 5) is 15.0. The molecule has 1 aliphatic rings. The third-order valence-corrected chi connectivity index (χ3v) is 5.68. The van der Waals surface area contributed by atoms with Crippen LogP contribution in [-0.2, 0) is 4.79 Å². The number of thioether (sulfide) groups is 1. The standard InChI is InChI=1S/C20H19NO2S/c1-5-21-18(10-13(4)22)24-17-7-6-15-19(20(17)21)14-8-11(2)12(3)9-16(14)23-15/h6-10H,5H2,1-4H3. The van der Waals surface area contributed by atoms with Gasteiger partial charge in [-0.2, -0.15) is 0 Å². The van der Waals surface area contributed by atoms with Gasteiger partial charge in [0.05, 0.1) is 16.1 Å². The summed E-state index contributed by atoms with van der Waals surface area (Å²) in [5, 5.41) is 3.28. The van der Waals surface area contributed by atoms with E-state index < -0.39 is 0 Å². The number of hydrogen-bond donors (Lipinski definition) is 0. The maximum atomic E-state index is 11.6. The van der Waals surface area contributed by atoms with Gasteiger partial charge in [-0.25, -0.2) is 0 Å². The fourth-order valence-corrected chi connectivity index (χ4v) is 4.54. The molecular weight excluding hydrogens is 318 g/mol. The summed E-state index contributed by atoms with van der Waals surface area (Å²) in [6.45, 7) is 8.76. The van der Waals surface area contributed by atoms with Crippen molar-refractivity contribution < 1.29 is 9.21 Å². The van der Waals surface area contributed by atoms with E-state index in [0.717, 1.165) is 39.2 Å². The van der Waals surface area contributed by atoms with Crippen LogP contribution in [0.2, 0.25) is 0 Å². The maximum absolute atomic E-state index is 11.6. The van der Waals surface area contributed by atoms with Gasteiger partial charge < -0.3 is 9.32 Å². The van der Waals surface area contributed by atoms with Crippen LogP contribution < -0.4 is 4.90 Å². The van der Waals surface area contributed by atoms with Crippen LogP contribution in [0.3, 0.4) is 0 Å². The third kappa shape index (κ3) is 2.17. The molecular formula is C20H19NO2S. The molecule has 24 heavy (non-hydrogen) atoms. The normalized spacial score (nSPS) is 15.7. The number of aryl methyl sites for hydroxylation is 2. The van der Waals surface area contributed by atoms with Gasteiger partial charge in [-0.3, -0.25) is 4.79 Å². The van der Waals surface area contributed by atoms with Crippen LogP contribution in [0.15, 0.2) is 44.7 Å². The highest BCUT2D eigenvalue weighted by Crippen LogP contribution is 2.51. The van der Waals surface area contributed by atoms with Gasteiger partial charge in [-0.15, -0.1) is 0 Å². The highest BCUT2D eigenvalue weighted by atomic mass is 32.2. The Labute approximate surface area is 145 Å². The Kier molecular flexibility index (Phi) is 3.46. The molecule has 0 aliphatic carbocycles. The number of furan rings is 1. The van der Waals surface area contributed by atoms with Crippen molar-refractivity contribution in [3.63, 3.8) is 0 Å². The number of carbonyl (C=O) groups excluding carboxylic acids is 1. The second-order valence-corrected chi connectivity index (χ2v) is 7.32. The number of ketones is 1. The number of allylic oxidation sites excluding steroid dienone is 1. The van der Waals surface area contributed by atoms with E-state index in [9.17, 15) is 4.79 Å². The van der Waals surface area contributed by atoms with Crippen molar-refractivity contribution in [2.45, 2.75) is 32.6 Å². The smallest absolute Gasteiger partial charge is 0.155 e. The van der Waals surface area contributed by atoms with E-state index in [2.05, 4.69) is 43.9 Å². The molecule has 2 heterocycles. The second-order valence-electron chi connectivity index (χ2n) is 6.26. The van der Waals surface area contributed by atoms with E-state index in [1.54, 1.807) is 24.8 Å². The van der Waals surface area contributed by atoms with Crippen LogP contribution in [0, 0.1) is 13.8 Å². The van der Waals surface area contributed by atoms with E-state index in [1.165, 1.54) is 16.0 Å². The Morgan fingerprint density at radius 2 is 1.96 bits per heavy atom. The molecule has 0 saturated heterocycles. The van der Waals surface area contributed by atoms with Crippen LogP contribution in [0.4, 0.5) is 5.69 Å². The fraction of sp³-hybridized carbons (Fsp3) is 0.250. The van der Waals surface area contributed by atoms with Crippen molar-refractivity contribution in [1.29, 1.82) is 0 Å². The zero-order chi connectivity index (χ0) is 17.0. The first kappa shape index (κ1) is 15.3. The summed E-state index contributed by atoms with van der Waals surface area (Å²) in [6.07, 6.45) is 1.72. The van der Waals surface area contributed by atoms with Gasteiger partial charge >= 0.3 is 0 Å². The minimum atomic E-state index is 0.0727. The number of nitrogens with zero attached hydrogens (tertiary/aromatic N) is 1. The minimum absolute atomic E-state index is 0.0727. The van der Waals surface area contributed by atoms with Gasteiger partial charge in [0.1, 0.15) is 11.2 Å². The molecule has 0 bridgehead atoms. The number of fused-ring (bicyclic) bond motifs is 5. The van der Waals surface area contributed by atoms with Crippen molar-refractivity contribution in [3.8, 4) is 0 Å². The van der Waals surface area contributed by atoms with Crippen LogP contribution in [-0.4, -0.2) is 12.3 Å². The fourth-order valence-electron chi connectivity index (χ4n) is 3.31. The predicted molar refractivity (Wildman–Crippen MR) is 101 cm³/mol. The first-order chi connectivity index (χ1) is 11.5. The molecule has 0 radical (unpaired) electrons. The van der Waals surface area contributed by atoms with Gasteiger partial charge in [0.15, 0.2) is 5.78 Å². The molecule has 0 unspecified atom stereocenters. The van der Waals surface area contributed by atoms with Crippen LogP contribution >= 0.6 is 11.8 Å². The monoisotopic (exact) mass is 337 g/mol. The summed E-state index contributed by atoms with van der Waals surface area (Å²) in [5.74, 6) is 0.0727. The molecule has 0 atom stereocenters. The lowest BCUT2D eigenvalue weighted by molar-refractivity contribution is -0.112. The molecule has 0 saturated carbocycles. The molecule has 3 nitrogen and oxygen atoms in total. The first-order valence-corrected chi connectivity index (χ1v) is 8.95. The van der Waals surface area contributed by atoms with Crippen molar-refractivity contribution in [2.75, 3.05) is 11.4 Å². The summed E-state index contributed by atoms with van der Waals surface area (Å²) in [6, 6.07) is 8.45. The molecule has 3 aromatic rings. The van der Waals surface area contributed by atoms with Crippen LogP contribution in [0.25, 0.3) is 21.9 Å². The van der Waals surface area contributed by atoms with E-state index in [1.807, 2.05) is 6.07 Å². The summed E-state index contributed by atoms with van der Waals surface area (Å²) in [5.41, 5.74) is 5.48. The summed E-state index contributed by atoms with van der Waals surface area (Å²) >= 11 is 1.66. The number of rotatable bonds is 2. The number of carbonyl (C=O) groups is 1. The number of hydrogen-bond acceptors (Lipinski definition) is 4. The average Bonchev–Trinajstić information content (AvgIpc) is 3.04. The largest absolute Gasteiger partial charge is 0.456 e. The Bertz CT molecular complexity index is 1030. The van der Waals surface area contributed by atoms with E-state index >= 15 is 0 Å². The zero-order valence-electron chi connectivity index (χ0n) is 14.3. The third-order valence-electron chi connectivity index (χ3n) is 4.58. The number of benzene rings is 2. The maximum Gasteiger partial charge on any atom is 0.155 e. The minimum Gasteiger partial charge on any atom is -0.456 e. The molecule has 122 valence electrons. The second kappa shape index (κ2) is 5.42. The van der Waals surface area contributed by atoms with Crippen molar-refractivity contribution in [2.24, 2.45) is 0 Å². The molecule has 4 heteroatoms. The molecule has 0 fully saturated rings. The lowest BCUT2D eigenvalue weighted by Gasteiger charge is -2.18. The van der Waals surface area contributed by atoms with Crippen molar-refractivity contribution in [1.82, 2.24) is 0 Å². The molecule has 0 N–H and O–H groups in total. The molecule has 1 aromatic heterocycles. The first-order valence-electron chi connectivity index (χ1n) is 8.13. The Morgan fingerprint density at radius 1 is 1.21 bits per heavy atom. The Balaban J connectivity index is 2.06. The molecule has 0 amide bonds. The zero-order valence-corrected chi connectivity index (χ0v) is 15.1. The van der Waals surface area contributed by atoms with Gasteiger partial charge in [-0.1, -0.05) is 11.8 Å². The van der Waals surface area contributed by atoms with Gasteiger partial charge in [0, 0.05) is 22.9 Å². The average molecular weight is 337 g/mol. The lowest BCUT2D eigenvalue weighted by Crippen LogP contribution is -2.17. The summed E-state index contributed by atoms with van der Waals surface area (Å²) in [7, 11) is 0. The Hall–Kier alpha value is -2.20. The molecule has 1 aliphatic heterocycles. The van der Waals surface area contributed by atoms with Gasteiger partial charge in [-0.05, 0) is 63.1 Å². The molecule has 4 rings (SSSR count). The summed E-state index contributed by atoms with van der Waals surface area (Å²) < 4.78 is 6.10. The van der Waals surface area contributed by atoms with Crippen molar-refractivity contribution >= 4 is 45.2 Å². The van der Waals surface area contributed by atoms with Crippen LogP contribution in [0.5, 0.6) is 0 Å².